The minimum absolute atomic E-state index is 0.0803. The Bertz CT molecular complexity index is 666. The summed E-state index contributed by atoms with van der Waals surface area (Å²) in [5, 5.41) is 7.62. The van der Waals surface area contributed by atoms with E-state index in [0.29, 0.717) is 23.6 Å². The Morgan fingerprint density at radius 3 is 3.20 bits per heavy atom. The van der Waals surface area contributed by atoms with Gasteiger partial charge in [0.15, 0.2) is 0 Å². The second-order valence-electron chi connectivity index (χ2n) is 5.75. The van der Waals surface area contributed by atoms with Crippen LogP contribution in [-0.2, 0) is 0 Å². The summed E-state index contributed by atoms with van der Waals surface area (Å²) in [4.78, 5) is 19.0. The number of nitrogens with one attached hydrogen (secondary N) is 1. The minimum Gasteiger partial charge on any atom is -0.331 e. The number of aromatic nitrogens is 3. The molecular formula is C14H17N5O. The number of nitrogens with zero attached hydrogens (tertiary/aromatic N) is 4. The molecule has 1 N–H and O–H groups in total. The lowest BCUT2D eigenvalue weighted by atomic mass is 10.0. The van der Waals surface area contributed by atoms with Crippen molar-refractivity contribution >= 4 is 11.4 Å². The molecule has 0 radical (unpaired) electrons. The number of fused-ring (bicyclic) bond motifs is 2. The number of carbonyl (C=O) groups is 1. The van der Waals surface area contributed by atoms with E-state index in [-0.39, 0.29) is 5.91 Å². The summed E-state index contributed by atoms with van der Waals surface area (Å²) in [5.41, 5.74) is 1.43. The topological polar surface area (TPSA) is 62.5 Å². The molecule has 2 fully saturated rings. The van der Waals surface area contributed by atoms with Gasteiger partial charge in [0, 0.05) is 37.6 Å². The van der Waals surface area contributed by atoms with Gasteiger partial charge in [0.1, 0.15) is 0 Å². The molecule has 104 valence electrons. The number of rotatable bonds is 1. The third kappa shape index (κ3) is 1.57. The lowest BCUT2D eigenvalue weighted by Gasteiger charge is -2.27. The van der Waals surface area contributed by atoms with Crippen LogP contribution in [0.2, 0.25) is 0 Å². The summed E-state index contributed by atoms with van der Waals surface area (Å²) >= 11 is 0. The molecule has 2 aromatic rings. The van der Waals surface area contributed by atoms with Crippen LogP contribution in [0.3, 0.4) is 0 Å². The first kappa shape index (κ1) is 11.8. The van der Waals surface area contributed by atoms with Gasteiger partial charge in [-0.15, -0.1) is 0 Å². The van der Waals surface area contributed by atoms with Gasteiger partial charge < -0.3 is 10.2 Å². The zero-order chi connectivity index (χ0) is 13.7. The average Bonchev–Trinajstić information content (AvgIpc) is 3.11. The van der Waals surface area contributed by atoms with E-state index in [0.717, 1.165) is 25.0 Å². The second kappa shape index (κ2) is 4.28. The molecule has 2 aliphatic heterocycles. The van der Waals surface area contributed by atoms with E-state index < -0.39 is 0 Å². The van der Waals surface area contributed by atoms with E-state index in [4.69, 9.17) is 0 Å². The van der Waals surface area contributed by atoms with Crippen molar-refractivity contribution in [3.8, 4) is 0 Å². The van der Waals surface area contributed by atoms with E-state index in [1.54, 1.807) is 29.3 Å². The molecule has 4 rings (SSSR count). The van der Waals surface area contributed by atoms with Crippen molar-refractivity contribution in [1.29, 1.82) is 0 Å². The fraction of sp³-hybridized carbons (Fsp3) is 0.500. The van der Waals surface area contributed by atoms with Crippen LogP contribution in [0.4, 0.5) is 0 Å². The molecule has 0 spiro atoms. The lowest BCUT2D eigenvalue weighted by Crippen LogP contribution is -2.42. The second-order valence-corrected chi connectivity index (χ2v) is 5.75. The van der Waals surface area contributed by atoms with Crippen molar-refractivity contribution in [3.05, 3.63) is 30.4 Å². The molecule has 0 aliphatic carbocycles. The van der Waals surface area contributed by atoms with E-state index in [1.165, 1.54) is 0 Å². The first-order valence-corrected chi connectivity index (χ1v) is 7.06. The standard InChI is InChI=1S/C14H17N5O/c1-9-4-10-5-16-7-12(10)19(9)14(20)11-6-17-18-3-2-15-8-13(11)18/h2-3,6,8-10,12,16H,4-5,7H2,1H3. The quantitative estimate of drug-likeness (QED) is 0.823. The van der Waals surface area contributed by atoms with Crippen molar-refractivity contribution in [2.75, 3.05) is 13.1 Å². The summed E-state index contributed by atoms with van der Waals surface area (Å²) in [6.07, 6.45) is 7.87. The van der Waals surface area contributed by atoms with Crippen LogP contribution in [0.15, 0.2) is 24.8 Å². The maximum Gasteiger partial charge on any atom is 0.258 e. The Hall–Kier alpha value is -1.95. The maximum atomic E-state index is 12.9. The van der Waals surface area contributed by atoms with Crippen LogP contribution in [-0.4, -0.2) is 50.6 Å². The molecule has 0 aromatic carbocycles. The fourth-order valence-electron chi connectivity index (χ4n) is 3.65. The highest BCUT2D eigenvalue weighted by molar-refractivity contribution is 6.01. The summed E-state index contributed by atoms with van der Waals surface area (Å²) in [7, 11) is 0. The van der Waals surface area contributed by atoms with E-state index in [9.17, 15) is 4.79 Å². The molecule has 4 heterocycles. The molecule has 2 saturated heterocycles. The molecule has 1 amide bonds. The first-order valence-electron chi connectivity index (χ1n) is 7.06. The van der Waals surface area contributed by atoms with Gasteiger partial charge in [-0.3, -0.25) is 9.78 Å². The summed E-state index contributed by atoms with van der Waals surface area (Å²) in [6, 6.07) is 0.621. The zero-order valence-corrected chi connectivity index (χ0v) is 11.4. The number of hydrogen-bond donors (Lipinski definition) is 1. The minimum atomic E-state index is 0.0803. The Kier molecular flexibility index (Phi) is 2.53. The Morgan fingerprint density at radius 2 is 2.30 bits per heavy atom. The molecule has 3 unspecified atom stereocenters. The fourth-order valence-corrected chi connectivity index (χ4v) is 3.65. The van der Waals surface area contributed by atoms with Crippen LogP contribution in [0.5, 0.6) is 0 Å². The van der Waals surface area contributed by atoms with Gasteiger partial charge in [-0.1, -0.05) is 0 Å². The SMILES string of the molecule is CC1CC2CNCC2N1C(=O)c1cnn2ccncc12. The normalized spacial score (nSPS) is 29.1. The van der Waals surface area contributed by atoms with Gasteiger partial charge in [0.25, 0.3) is 5.91 Å². The zero-order valence-electron chi connectivity index (χ0n) is 11.4. The van der Waals surface area contributed by atoms with Crippen LogP contribution in [0, 0.1) is 5.92 Å². The largest absolute Gasteiger partial charge is 0.331 e. The molecule has 20 heavy (non-hydrogen) atoms. The van der Waals surface area contributed by atoms with Gasteiger partial charge in [-0.05, 0) is 19.3 Å². The Balaban J connectivity index is 1.73. The molecule has 3 atom stereocenters. The highest BCUT2D eigenvalue weighted by Gasteiger charge is 2.44. The predicted molar refractivity (Wildman–Crippen MR) is 73.4 cm³/mol. The molecule has 2 aromatic heterocycles. The van der Waals surface area contributed by atoms with Gasteiger partial charge in [-0.25, -0.2) is 4.52 Å². The first-order chi connectivity index (χ1) is 9.75. The van der Waals surface area contributed by atoms with Crippen LogP contribution in [0.1, 0.15) is 23.7 Å². The average molecular weight is 271 g/mol. The number of likely N-dealkylation sites (tertiary alicyclic amines) is 1. The van der Waals surface area contributed by atoms with Crippen molar-refractivity contribution in [1.82, 2.24) is 24.8 Å². The van der Waals surface area contributed by atoms with Crippen molar-refractivity contribution in [3.63, 3.8) is 0 Å². The highest BCUT2D eigenvalue weighted by Crippen LogP contribution is 2.33. The van der Waals surface area contributed by atoms with Crippen LogP contribution in [0.25, 0.3) is 5.52 Å². The molecule has 2 aliphatic rings. The van der Waals surface area contributed by atoms with Crippen molar-refractivity contribution in [2.45, 2.75) is 25.4 Å². The summed E-state index contributed by atoms with van der Waals surface area (Å²) in [5.74, 6) is 0.672. The molecule has 6 heteroatoms. The molecule has 6 nitrogen and oxygen atoms in total. The lowest BCUT2D eigenvalue weighted by molar-refractivity contribution is 0.0684. The van der Waals surface area contributed by atoms with Crippen LogP contribution < -0.4 is 5.32 Å². The summed E-state index contributed by atoms with van der Waals surface area (Å²) in [6.45, 7) is 4.06. The van der Waals surface area contributed by atoms with Crippen LogP contribution >= 0.6 is 0 Å². The molecule has 0 bridgehead atoms. The number of amides is 1. The Morgan fingerprint density at radius 1 is 1.40 bits per heavy atom. The predicted octanol–water partition coefficient (Wildman–Crippen LogP) is 0.552. The maximum absolute atomic E-state index is 12.9. The van der Waals surface area contributed by atoms with Crippen molar-refractivity contribution in [2.24, 2.45) is 5.92 Å². The highest BCUT2D eigenvalue weighted by atomic mass is 16.2. The number of hydrogen-bond acceptors (Lipinski definition) is 4. The van der Waals surface area contributed by atoms with Gasteiger partial charge in [0.2, 0.25) is 0 Å². The van der Waals surface area contributed by atoms with E-state index >= 15 is 0 Å². The molecule has 0 saturated carbocycles. The smallest absolute Gasteiger partial charge is 0.258 e. The van der Waals surface area contributed by atoms with Gasteiger partial charge in [-0.2, -0.15) is 5.10 Å². The number of carbonyl (C=O) groups excluding carboxylic acids is 1. The molecular weight excluding hydrogens is 254 g/mol. The summed E-state index contributed by atoms with van der Waals surface area (Å²) < 4.78 is 1.70. The monoisotopic (exact) mass is 271 g/mol. The third-order valence-electron chi connectivity index (χ3n) is 4.57. The van der Waals surface area contributed by atoms with E-state index in [1.807, 2.05) is 4.90 Å². The Labute approximate surface area is 116 Å². The van der Waals surface area contributed by atoms with Gasteiger partial charge >= 0.3 is 0 Å². The third-order valence-corrected chi connectivity index (χ3v) is 4.57. The van der Waals surface area contributed by atoms with E-state index in [2.05, 4.69) is 22.3 Å². The van der Waals surface area contributed by atoms with Gasteiger partial charge in [0.05, 0.1) is 23.5 Å². The van der Waals surface area contributed by atoms with Crippen molar-refractivity contribution < 1.29 is 4.79 Å².